The smallest absolute Gasteiger partial charge is 0.334 e. The summed E-state index contributed by atoms with van der Waals surface area (Å²) < 4.78 is 5.66. The maximum atomic E-state index is 11.7. The normalized spacial score (nSPS) is 12.9. The lowest BCUT2D eigenvalue weighted by atomic mass is 9.87. The average molecular weight is 333 g/mol. The van der Waals surface area contributed by atoms with Crippen molar-refractivity contribution in [3.8, 4) is 0 Å². The van der Waals surface area contributed by atoms with Crippen molar-refractivity contribution in [1.82, 2.24) is 0 Å². The molecule has 0 bridgehead atoms. The highest BCUT2D eigenvalue weighted by atomic mass is 32.2. The molecule has 0 saturated carbocycles. The van der Waals surface area contributed by atoms with E-state index >= 15 is 0 Å². The molecule has 124 valence electrons. The van der Waals surface area contributed by atoms with Gasteiger partial charge in [-0.1, -0.05) is 44.7 Å². The molecule has 2 aromatic rings. The second kappa shape index (κ2) is 6.71. The van der Waals surface area contributed by atoms with Crippen molar-refractivity contribution in [3.63, 3.8) is 0 Å². The number of aliphatic carboxylic acids is 1. The number of rotatable bonds is 5. The van der Waals surface area contributed by atoms with Crippen LogP contribution in [0.4, 0.5) is 5.69 Å². The van der Waals surface area contributed by atoms with Crippen molar-refractivity contribution in [2.75, 3.05) is 11.6 Å². The number of carboxylic acids is 1. The molecule has 2 N–H and O–H groups in total. The minimum absolute atomic E-state index is 0.0651. The van der Waals surface area contributed by atoms with Crippen LogP contribution in [-0.2, 0) is 10.2 Å². The van der Waals surface area contributed by atoms with Crippen LogP contribution in [0.5, 0.6) is 0 Å². The third-order valence-corrected chi connectivity index (χ3v) is 4.31. The molecular weight excluding hydrogens is 310 g/mol. The van der Waals surface area contributed by atoms with Crippen LogP contribution in [-0.4, -0.2) is 17.3 Å². The molecule has 4 nitrogen and oxygen atoms in total. The second-order valence-corrected chi connectivity index (χ2v) is 7.37. The Morgan fingerprint density at radius 1 is 1.26 bits per heavy atom. The molecule has 1 unspecified atom stereocenters. The SMILES string of the molecule is CSc1cc(C)c(C(Nc2ccc(C(C)(C)C)cc2)C(=O)O)o1. The number of benzene rings is 1. The van der Waals surface area contributed by atoms with E-state index in [1.54, 1.807) is 0 Å². The van der Waals surface area contributed by atoms with E-state index < -0.39 is 12.0 Å². The van der Waals surface area contributed by atoms with Gasteiger partial charge in [0.15, 0.2) is 11.1 Å². The van der Waals surface area contributed by atoms with Gasteiger partial charge >= 0.3 is 5.97 Å². The van der Waals surface area contributed by atoms with Crippen LogP contribution in [0.3, 0.4) is 0 Å². The first-order chi connectivity index (χ1) is 10.7. The molecule has 0 aliphatic rings. The van der Waals surface area contributed by atoms with E-state index in [1.807, 2.05) is 43.5 Å². The summed E-state index contributed by atoms with van der Waals surface area (Å²) in [6, 6.07) is 8.80. The van der Waals surface area contributed by atoms with Crippen molar-refractivity contribution in [1.29, 1.82) is 0 Å². The summed E-state index contributed by atoms with van der Waals surface area (Å²) >= 11 is 1.46. The van der Waals surface area contributed by atoms with Gasteiger partial charge in [0, 0.05) is 5.69 Å². The number of hydrogen-bond acceptors (Lipinski definition) is 4. The van der Waals surface area contributed by atoms with E-state index in [1.165, 1.54) is 17.3 Å². The Balaban J connectivity index is 2.26. The highest BCUT2D eigenvalue weighted by Crippen LogP contribution is 2.30. The van der Waals surface area contributed by atoms with Crippen molar-refractivity contribution in [2.45, 2.75) is 44.2 Å². The summed E-state index contributed by atoms with van der Waals surface area (Å²) in [5.41, 5.74) is 2.86. The topological polar surface area (TPSA) is 62.5 Å². The molecule has 1 aromatic carbocycles. The molecule has 0 radical (unpaired) electrons. The zero-order valence-electron chi connectivity index (χ0n) is 14.1. The van der Waals surface area contributed by atoms with Gasteiger partial charge in [0.2, 0.25) is 0 Å². The minimum atomic E-state index is -0.963. The zero-order chi connectivity index (χ0) is 17.2. The highest BCUT2D eigenvalue weighted by molar-refractivity contribution is 7.98. The molecule has 5 heteroatoms. The first kappa shape index (κ1) is 17.5. The quantitative estimate of drug-likeness (QED) is 0.766. The van der Waals surface area contributed by atoms with Gasteiger partial charge in [0.05, 0.1) is 0 Å². The van der Waals surface area contributed by atoms with Gasteiger partial charge in [-0.25, -0.2) is 4.79 Å². The lowest BCUT2D eigenvalue weighted by Crippen LogP contribution is -2.21. The van der Waals surface area contributed by atoms with E-state index in [0.717, 1.165) is 11.3 Å². The lowest BCUT2D eigenvalue weighted by Gasteiger charge is -2.20. The number of anilines is 1. The Morgan fingerprint density at radius 2 is 1.87 bits per heavy atom. The van der Waals surface area contributed by atoms with Gasteiger partial charge in [-0.05, 0) is 47.9 Å². The van der Waals surface area contributed by atoms with Crippen molar-refractivity contribution in [3.05, 3.63) is 47.2 Å². The molecule has 0 fully saturated rings. The third-order valence-electron chi connectivity index (χ3n) is 3.71. The molecule has 0 saturated heterocycles. The van der Waals surface area contributed by atoms with Crippen LogP contribution < -0.4 is 5.32 Å². The summed E-state index contributed by atoms with van der Waals surface area (Å²) in [7, 11) is 0. The molecule has 0 spiro atoms. The standard InChI is InChI=1S/C18H23NO3S/c1-11-10-14(23-5)22-16(11)15(17(20)21)19-13-8-6-12(7-9-13)18(2,3)4/h6-10,15,19H,1-5H3,(H,20,21). The number of aryl methyl sites for hydroxylation is 1. The first-order valence-electron chi connectivity index (χ1n) is 7.46. The molecule has 0 aliphatic carbocycles. The number of carboxylic acid groups (broad SMARTS) is 1. The van der Waals surface area contributed by atoms with E-state index in [9.17, 15) is 9.90 Å². The van der Waals surface area contributed by atoms with Crippen molar-refractivity contribution >= 4 is 23.4 Å². The van der Waals surface area contributed by atoms with Crippen LogP contribution >= 0.6 is 11.8 Å². The van der Waals surface area contributed by atoms with Crippen LogP contribution in [0.1, 0.15) is 43.7 Å². The van der Waals surface area contributed by atoms with Crippen LogP contribution in [0.2, 0.25) is 0 Å². The maximum absolute atomic E-state index is 11.7. The Bertz CT molecular complexity index is 683. The summed E-state index contributed by atoms with van der Waals surface area (Å²) in [4.78, 5) is 11.7. The number of furan rings is 1. The fourth-order valence-corrected chi connectivity index (χ4v) is 2.79. The Labute approximate surface area is 141 Å². The predicted molar refractivity (Wildman–Crippen MR) is 94.4 cm³/mol. The van der Waals surface area contributed by atoms with Gasteiger partial charge < -0.3 is 14.8 Å². The molecule has 0 amide bonds. The fraction of sp³-hybridized carbons (Fsp3) is 0.389. The predicted octanol–water partition coefficient (Wildman–Crippen LogP) is 4.85. The summed E-state index contributed by atoms with van der Waals surface area (Å²) in [5, 5.41) is 13.3. The van der Waals surface area contributed by atoms with Gasteiger partial charge in [-0.15, -0.1) is 0 Å². The van der Waals surface area contributed by atoms with E-state index in [-0.39, 0.29) is 5.41 Å². The van der Waals surface area contributed by atoms with Gasteiger partial charge in [-0.2, -0.15) is 0 Å². The summed E-state index contributed by atoms with van der Waals surface area (Å²) in [5.74, 6) is -0.517. The number of thioether (sulfide) groups is 1. The molecule has 1 atom stereocenters. The van der Waals surface area contributed by atoms with Crippen molar-refractivity contribution < 1.29 is 14.3 Å². The monoisotopic (exact) mass is 333 g/mol. The van der Waals surface area contributed by atoms with E-state index in [2.05, 4.69) is 26.1 Å². The number of carbonyl (C=O) groups is 1. The van der Waals surface area contributed by atoms with E-state index in [0.29, 0.717) is 10.9 Å². The Kier molecular flexibility index (Phi) is 5.09. The Morgan fingerprint density at radius 3 is 2.30 bits per heavy atom. The molecule has 1 aromatic heterocycles. The molecule has 0 aliphatic heterocycles. The molecule has 23 heavy (non-hydrogen) atoms. The van der Waals surface area contributed by atoms with Gasteiger partial charge in [0.25, 0.3) is 0 Å². The van der Waals surface area contributed by atoms with Crippen molar-refractivity contribution in [2.24, 2.45) is 0 Å². The Hall–Kier alpha value is -1.88. The number of hydrogen-bond donors (Lipinski definition) is 2. The number of nitrogens with one attached hydrogen (secondary N) is 1. The third kappa shape index (κ3) is 4.10. The van der Waals surface area contributed by atoms with Crippen LogP contribution in [0.25, 0.3) is 0 Å². The second-order valence-electron chi connectivity index (χ2n) is 6.56. The van der Waals surface area contributed by atoms with Crippen LogP contribution in [0.15, 0.2) is 39.8 Å². The largest absolute Gasteiger partial charge is 0.479 e. The summed E-state index contributed by atoms with van der Waals surface area (Å²) in [6.45, 7) is 8.29. The maximum Gasteiger partial charge on any atom is 0.334 e. The minimum Gasteiger partial charge on any atom is -0.479 e. The molecule has 2 rings (SSSR count). The average Bonchev–Trinajstić information content (AvgIpc) is 2.85. The van der Waals surface area contributed by atoms with E-state index in [4.69, 9.17) is 4.42 Å². The lowest BCUT2D eigenvalue weighted by molar-refractivity contribution is -0.138. The zero-order valence-corrected chi connectivity index (χ0v) is 15.0. The fourth-order valence-electron chi connectivity index (χ4n) is 2.33. The van der Waals surface area contributed by atoms with Gasteiger partial charge in [0.1, 0.15) is 5.76 Å². The molecular formula is C18H23NO3S. The van der Waals surface area contributed by atoms with Gasteiger partial charge in [-0.3, -0.25) is 0 Å². The molecule has 1 heterocycles. The first-order valence-corrected chi connectivity index (χ1v) is 8.69. The highest BCUT2D eigenvalue weighted by Gasteiger charge is 2.26. The van der Waals surface area contributed by atoms with Crippen LogP contribution in [0, 0.1) is 6.92 Å². The summed E-state index contributed by atoms with van der Waals surface area (Å²) in [6.07, 6.45) is 1.90.